The Morgan fingerprint density at radius 3 is 2.64 bits per heavy atom. The van der Waals surface area contributed by atoms with Crippen LogP contribution < -0.4 is 5.73 Å². The fourth-order valence-corrected chi connectivity index (χ4v) is 0.756. The molecule has 2 N–H and O–H groups in total. The second kappa shape index (κ2) is 6.10. The molecule has 0 aromatic carbocycles. The van der Waals surface area contributed by atoms with Crippen LogP contribution in [0.5, 0.6) is 0 Å². The first-order valence-electron chi connectivity index (χ1n) is 3.92. The highest BCUT2D eigenvalue weighted by atomic mass is 19.1. The van der Waals surface area contributed by atoms with Crippen LogP contribution in [0.3, 0.4) is 0 Å². The highest BCUT2D eigenvalue weighted by Crippen LogP contribution is 2.00. The van der Waals surface area contributed by atoms with Crippen molar-refractivity contribution in [3.05, 3.63) is 23.8 Å². The fourth-order valence-electron chi connectivity index (χ4n) is 0.756. The van der Waals surface area contributed by atoms with Crippen LogP contribution in [0.2, 0.25) is 0 Å². The molecule has 0 aliphatic rings. The van der Waals surface area contributed by atoms with Crippen LogP contribution in [0.1, 0.15) is 20.3 Å². The lowest BCUT2D eigenvalue weighted by Crippen LogP contribution is -2.03. The predicted octanol–water partition coefficient (Wildman–Crippen LogP) is 2.20. The van der Waals surface area contributed by atoms with Gasteiger partial charge in [0, 0.05) is 6.54 Å². The normalized spacial score (nSPS) is 15.8. The van der Waals surface area contributed by atoms with Crippen molar-refractivity contribution in [3.63, 3.8) is 0 Å². The number of alkyl halides is 1. The van der Waals surface area contributed by atoms with Gasteiger partial charge in [-0.05, 0) is 25.0 Å². The van der Waals surface area contributed by atoms with Crippen molar-refractivity contribution in [1.29, 1.82) is 0 Å². The summed E-state index contributed by atoms with van der Waals surface area (Å²) in [4.78, 5) is 0. The Morgan fingerprint density at radius 2 is 2.27 bits per heavy atom. The van der Waals surface area contributed by atoms with E-state index in [0.717, 1.165) is 12.0 Å². The molecule has 0 radical (unpaired) electrons. The SMILES string of the molecule is CC/C=C\C(=C/C(C)F)CN. The summed E-state index contributed by atoms with van der Waals surface area (Å²) in [7, 11) is 0. The number of allylic oxidation sites excluding steroid dienone is 2. The van der Waals surface area contributed by atoms with Gasteiger partial charge in [-0.15, -0.1) is 0 Å². The van der Waals surface area contributed by atoms with Gasteiger partial charge in [0.2, 0.25) is 0 Å². The summed E-state index contributed by atoms with van der Waals surface area (Å²) in [6, 6.07) is 0. The quantitative estimate of drug-likeness (QED) is 0.622. The second-order valence-corrected chi connectivity index (χ2v) is 2.43. The molecule has 1 nitrogen and oxygen atoms in total. The molecule has 0 aliphatic carbocycles. The number of rotatable bonds is 4. The molecule has 0 amide bonds. The van der Waals surface area contributed by atoms with Crippen LogP contribution in [0, 0.1) is 0 Å². The Labute approximate surface area is 67.8 Å². The maximum absolute atomic E-state index is 12.4. The average molecular weight is 157 g/mol. The van der Waals surface area contributed by atoms with E-state index in [1.54, 1.807) is 0 Å². The minimum atomic E-state index is -0.907. The zero-order valence-corrected chi connectivity index (χ0v) is 7.18. The van der Waals surface area contributed by atoms with E-state index in [9.17, 15) is 4.39 Å². The van der Waals surface area contributed by atoms with Crippen molar-refractivity contribution in [2.24, 2.45) is 5.73 Å². The molecule has 0 aromatic heterocycles. The minimum Gasteiger partial charge on any atom is -0.327 e. The van der Waals surface area contributed by atoms with E-state index in [-0.39, 0.29) is 0 Å². The molecule has 0 saturated heterocycles. The van der Waals surface area contributed by atoms with Crippen molar-refractivity contribution in [1.82, 2.24) is 0 Å². The van der Waals surface area contributed by atoms with Crippen molar-refractivity contribution in [3.8, 4) is 0 Å². The highest BCUT2D eigenvalue weighted by molar-refractivity contribution is 5.20. The topological polar surface area (TPSA) is 26.0 Å². The van der Waals surface area contributed by atoms with Gasteiger partial charge >= 0.3 is 0 Å². The van der Waals surface area contributed by atoms with Gasteiger partial charge in [0.25, 0.3) is 0 Å². The number of hydrogen-bond acceptors (Lipinski definition) is 1. The van der Waals surface area contributed by atoms with Crippen molar-refractivity contribution in [2.75, 3.05) is 6.54 Å². The van der Waals surface area contributed by atoms with E-state index >= 15 is 0 Å². The Balaban J connectivity index is 4.04. The zero-order chi connectivity index (χ0) is 8.69. The lowest BCUT2D eigenvalue weighted by atomic mass is 10.2. The lowest BCUT2D eigenvalue weighted by Gasteiger charge is -1.97. The molecule has 0 fully saturated rings. The van der Waals surface area contributed by atoms with Crippen molar-refractivity contribution < 1.29 is 4.39 Å². The molecule has 64 valence electrons. The molecule has 0 rings (SSSR count). The first-order valence-corrected chi connectivity index (χ1v) is 3.92. The Morgan fingerprint density at radius 1 is 1.64 bits per heavy atom. The highest BCUT2D eigenvalue weighted by Gasteiger charge is 1.93. The van der Waals surface area contributed by atoms with Crippen LogP contribution in [-0.2, 0) is 0 Å². The molecule has 0 bridgehead atoms. The monoisotopic (exact) mass is 157 g/mol. The Kier molecular flexibility index (Phi) is 5.75. The third-order valence-corrected chi connectivity index (χ3v) is 1.25. The predicted molar refractivity (Wildman–Crippen MR) is 47.1 cm³/mol. The summed E-state index contributed by atoms with van der Waals surface area (Å²) in [5.41, 5.74) is 6.24. The summed E-state index contributed by atoms with van der Waals surface area (Å²) in [5, 5.41) is 0. The molecular weight excluding hydrogens is 141 g/mol. The van der Waals surface area contributed by atoms with E-state index in [4.69, 9.17) is 5.73 Å². The van der Waals surface area contributed by atoms with Gasteiger partial charge in [-0.2, -0.15) is 0 Å². The summed E-state index contributed by atoms with van der Waals surface area (Å²) in [5.74, 6) is 0. The third-order valence-electron chi connectivity index (χ3n) is 1.25. The van der Waals surface area contributed by atoms with Gasteiger partial charge in [0.15, 0.2) is 0 Å². The van der Waals surface area contributed by atoms with Crippen LogP contribution >= 0.6 is 0 Å². The molecule has 0 aliphatic heterocycles. The van der Waals surface area contributed by atoms with Gasteiger partial charge in [-0.25, -0.2) is 4.39 Å². The van der Waals surface area contributed by atoms with Gasteiger partial charge in [0.05, 0.1) is 0 Å². The molecule has 0 aromatic rings. The largest absolute Gasteiger partial charge is 0.327 e. The van der Waals surface area contributed by atoms with E-state index in [0.29, 0.717) is 6.54 Å². The summed E-state index contributed by atoms with van der Waals surface area (Å²) < 4.78 is 12.4. The van der Waals surface area contributed by atoms with Crippen LogP contribution in [0.4, 0.5) is 4.39 Å². The van der Waals surface area contributed by atoms with Gasteiger partial charge < -0.3 is 5.73 Å². The average Bonchev–Trinajstić information content (AvgIpc) is 1.97. The van der Waals surface area contributed by atoms with Crippen LogP contribution in [0.15, 0.2) is 23.8 Å². The van der Waals surface area contributed by atoms with E-state index in [1.165, 1.54) is 13.0 Å². The Hall–Kier alpha value is -0.630. The van der Waals surface area contributed by atoms with Crippen LogP contribution in [0.25, 0.3) is 0 Å². The molecule has 0 spiro atoms. The maximum Gasteiger partial charge on any atom is 0.116 e. The smallest absolute Gasteiger partial charge is 0.116 e. The summed E-state index contributed by atoms with van der Waals surface area (Å²) >= 11 is 0. The maximum atomic E-state index is 12.4. The summed E-state index contributed by atoms with van der Waals surface area (Å²) in [6.45, 7) is 3.93. The lowest BCUT2D eigenvalue weighted by molar-refractivity contribution is 0.429. The van der Waals surface area contributed by atoms with Gasteiger partial charge in [-0.3, -0.25) is 0 Å². The first kappa shape index (κ1) is 10.4. The van der Waals surface area contributed by atoms with Crippen molar-refractivity contribution in [2.45, 2.75) is 26.4 Å². The third kappa shape index (κ3) is 5.80. The van der Waals surface area contributed by atoms with E-state index in [2.05, 4.69) is 0 Å². The molecule has 0 saturated carbocycles. The van der Waals surface area contributed by atoms with Gasteiger partial charge in [0.1, 0.15) is 6.17 Å². The molecule has 1 unspecified atom stereocenters. The van der Waals surface area contributed by atoms with Gasteiger partial charge in [-0.1, -0.05) is 19.1 Å². The molecule has 2 heteroatoms. The fraction of sp³-hybridized carbons (Fsp3) is 0.556. The first-order chi connectivity index (χ1) is 5.20. The van der Waals surface area contributed by atoms with Crippen molar-refractivity contribution >= 4 is 0 Å². The Bertz CT molecular complexity index is 148. The number of halogens is 1. The molecule has 1 atom stereocenters. The van der Waals surface area contributed by atoms with Crippen LogP contribution in [-0.4, -0.2) is 12.7 Å². The standard InChI is InChI=1S/C9H16FN/c1-3-4-5-9(7-11)6-8(2)10/h4-6,8H,3,7,11H2,1-2H3/b5-4-,9-6+. The zero-order valence-electron chi connectivity index (χ0n) is 7.18. The van der Waals surface area contributed by atoms with E-state index in [1.807, 2.05) is 19.1 Å². The number of hydrogen-bond donors (Lipinski definition) is 1. The molecule has 11 heavy (non-hydrogen) atoms. The van der Waals surface area contributed by atoms with E-state index < -0.39 is 6.17 Å². The summed E-state index contributed by atoms with van der Waals surface area (Å²) in [6.07, 6.45) is 5.43. The molecular formula is C9H16FN. The minimum absolute atomic E-state index is 0.408. The number of nitrogens with two attached hydrogens (primary N) is 1. The molecule has 0 heterocycles. The second-order valence-electron chi connectivity index (χ2n) is 2.43.